The molecule has 0 aliphatic rings. The molecule has 0 spiro atoms. The Hall–Kier alpha value is -2.12. The number of hydrogen-bond acceptors (Lipinski definition) is 3. The normalized spacial score (nSPS) is 11.4. The number of hydrogen-bond donors (Lipinski definition) is 2. The summed E-state index contributed by atoms with van der Waals surface area (Å²) in [5.74, 6) is -1.30. The Morgan fingerprint density at radius 1 is 1.16 bits per heavy atom. The van der Waals surface area contributed by atoms with Crippen LogP contribution in [0.3, 0.4) is 0 Å². The minimum Gasteiger partial charge on any atom is -0.477 e. The fourth-order valence-electron chi connectivity index (χ4n) is 1.58. The van der Waals surface area contributed by atoms with Gasteiger partial charge in [0, 0.05) is 12.7 Å². The highest BCUT2D eigenvalue weighted by atomic mass is 32.2. The van der Waals surface area contributed by atoms with Crippen molar-refractivity contribution in [2.45, 2.75) is 6.54 Å². The second-order valence-corrected chi connectivity index (χ2v) is 5.44. The number of nitrogens with one attached hydrogen (secondary N) is 1. The largest absolute Gasteiger partial charge is 0.477 e. The molecule has 0 saturated heterocycles. The van der Waals surface area contributed by atoms with E-state index >= 15 is 0 Å². The number of benzene rings is 1. The quantitative estimate of drug-likeness (QED) is 0.857. The molecule has 6 nitrogen and oxygen atoms in total. The molecule has 2 aromatic rings. The fourth-order valence-corrected chi connectivity index (χ4v) is 2.70. The van der Waals surface area contributed by atoms with Gasteiger partial charge in [-0.15, -0.1) is 0 Å². The molecule has 0 bridgehead atoms. The van der Waals surface area contributed by atoms with Crippen LogP contribution in [-0.4, -0.2) is 23.5 Å². The third kappa shape index (κ3) is 3.01. The van der Waals surface area contributed by atoms with Gasteiger partial charge in [-0.25, -0.2) is 8.77 Å². The van der Waals surface area contributed by atoms with Crippen LogP contribution in [0.1, 0.15) is 16.1 Å². The van der Waals surface area contributed by atoms with Crippen LogP contribution in [0.2, 0.25) is 0 Å². The van der Waals surface area contributed by atoms with Crippen molar-refractivity contribution >= 4 is 16.2 Å². The van der Waals surface area contributed by atoms with Crippen LogP contribution in [0.4, 0.5) is 0 Å². The summed E-state index contributed by atoms with van der Waals surface area (Å²) < 4.78 is 27.0. The molecule has 0 saturated carbocycles. The number of carboxylic acid groups (broad SMARTS) is 1. The molecule has 0 fully saturated rings. The number of carboxylic acids is 1. The Bertz CT molecular complexity index is 677. The predicted molar refractivity (Wildman–Crippen MR) is 69.0 cm³/mol. The molecule has 0 aliphatic heterocycles. The molecule has 0 amide bonds. The summed E-state index contributed by atoms with van der Waals surface area (Å²) in [6.45, 7) is 0.0976. The van der Waals surface area contributed by atoms with Crippen LogP contribution in [-0.2, 0) is 16.8 Å². The maximum atomic E-state index is 12.0. The van der Waals surface area contributed by atoms with Gasteiger partial charge in [0.15, 0.2) is 0 Å². The highest BCUT2D eigenvalue weighted by Gasteiger charge is 2.19. The molecule has 1 aromatic carbocycles. The van der Waals surface area contributed by atoms with Gasteiger partial charge in [0.2, 0.25) is 0 Å². The summed E-state index contributed by atoms with van der Waals surface area (Å²) in [5.41, 5.74) is 0.482. The zero-order valence-electron chi connectivity index (χ0n) is 9.85. The van der Waals surface area contributed by atoms with Gasteiger partial charge < -0.3 is 5.11 Å². The van der Waals surface area contributed by atoms with Gasteiger partial charge in [-0.2, -0.15) is 13.1 Å². The summed E-state index contributed by atoms with van der Waals surface area (Å²) in [6, 6.07) is 11.6. The van der Waals surface area contributed by atoms with Crippen molar-refractivity contribution in [3.8, 4) is 0 Å². The molecule has 0 radical (unpaired) electrons. The minimum atomic E-state index is -3.90. The third-order valence-corrected chi connectivity index (χ3v) is 3.84. The van der Waals surface area contributed by atoms with Crippen molar-refractivity contribution in [2.75, 3.05) is 0 Å². The molecule has 0 aliphatic carbocycles. The molecule has 1 heterocycles. The van der Waals surface area contributed by atoms with Crippen molar-refractivity contribution in [2.24, 2.45) is 0 Å². The Morgan fingerprint density at radius 2 is 1.84 bits per heavy atom. The Morgan fingerprint density at radius 3 is 2.47 bits per heavy atom. The summed E-state index contributed by atoms with van der Waals surface area (Å²) >= 11 is 0. The predicted octanol–water partition coefficient (Wildman–Crippen LogP) is 1.07. The van der Waals surface area contributed by atoms with Crippen LogP contribution in [0.5, 0.6) is 0 Å². The minimum absolute atomic E-state index is 0.0976. The van der Waals surface area contributed by atoms with Crippen molar-refractivity contribution in [3.05, 3.63) is 59.9 Å². The lowest BCUT2D eigenvalue weighted by molar-refractivity contribution is 0.0689. The van der Waals surface area contributed by atoms with E-state index in [9.17, 15) is 13.2 Å². The van der Waals surface area contributed by atoms with Gasteiger partial charge in [-0.05, 0) is 17.7 Å². The van der Waals surface area contributed by atoms with Gasteiger partial charge in [0.1, 0.15) is 5.69 Å². The van der Waals surface area contributed by atoms with Crippen molar-refractivity contribution in [1.82, 2.24) is 8.69 Å². The van der Waals surface area contributed by atoms with E-state index in [1.807, 2.05) is 6.07 Å². The monoisotopic (exact) mass is 280 g/mol. The molecule has 2 rings (SSSR count). The van der Waals surface area contributed by atoms with Gasteiger partial charge in [0.25, 0.3) is 0 Å². The summed E-state index contributed by atoms with van der Waals surface area (Å²) in [7, 11) is -3.90. The zero-order chi connectivity index (χ0) is 13.9. The van der Waals surface area contributed by atoms with E-state index in [1.165, 1.54) is 18.3 Å². The van der Waals surface area contributed by atoms with E-state index in [-0.39, 0.29) is 12.2 Å². The number of nitrogens with zero attached hydrogens (tertiary/aromatic N) is 1. The molecule has 0 atom stereocenters. The molecule has 19 heavy (non-hydrogen) atoms. The van der Waals surface area contributed by atoms with Crippen molar-refractivity contribution in [1.29, 1.82) is 0 Å². The SMILES string of the molecule is O=C(O)c1cccn1S(=O)(=O)NCc1ccccc1. The van der Waals surface area contributed by atoms with Crippen LogP contribution in [0.15, 0.2) is 48.7 Å². The Labute approximate surface area is 110 Å². The van der Waals surface area contributed by atoms with Gasteiger partial charge in [-0.1, -0.05) is 30.3 Å². The lowest BCUT2D eigenvalue weighted by atomic mass is 10.2. The smallest absolute Gasteiger partial charge is 0.353 e. The molecule has 100 valence electrons. The fraction of sp³-hybridized carbons (Fsp3) is 0.0833. The lowest BCUT2D eigenvalue weighted by Crippen LogP contribution is -2.31. The van der Waals surface area contributed by atoms with E-state index in [1.54, 1.807) is 24.3 Å². The summed E-state index contributed by atoms with van der Waals surface area (Å²) in [6.07, 6.45) is 1.19. The van der Waals surface area contributed by atoms with E-state index in [4.69, 9.17) is 5.11 Å². The van der Waals surface area contributed by atoms with Crippen LogP contribution in [0.25, 0.3) is 0 Å². The van der Waals surface area contributed by atoms with Gasteiger partial charge in [-0.3, -0.25) is 0 Å². The second kappa shape index (κ2) is 5.25. The van der Waals surface area contributed by atoms with Crippen LogP contribution < -0.4 is 4.72 Å². The molecule has 7 heteroatoms. The number of aromatic carboxylic acids is 1. The molecular weight excluding hydrogens is 268 g/mol. The van der Waals surface area contributed by atoms with E-state index in [2.05, 4.69) is 4.72 Å². The van der Waals surface area contributed by atoms with E-state index in [0.29, 0.717) is 3.97 Å². The highest BCUT2D eigenvalue weighted by molar-refractivity contribution is 7.88. The Kier molecular flexibility index (Phi) is 3.68. The molecule has 2 N–H and O–H groups in total. The molecule has 1 aromatic heterocycles. The highest BCUT2D eigenvalue weighted by Crippen LogP contribution is 2.06. The van der Waals surface area contributed by atoms with E-state index in [0.717, 1.165) is 5.56 Å². The average Bonchev–Trinajstić information content (AvgIpc) is 2.88. The average molecular weight is 280 g/mol. The number of carbonyl (C=O) groups is 1. The first-order valence-corrected chi connectivity index (χ1v) is 6.89. The van der Waals surface area contributed by atoms with Crippen LogP contribution in [0, 0.1) is 0 Å². The van der Waals surface area contributed by atoms with Crippen LogP contribution >= 0.6 is 0 Å². The first kappa shape index (κ1) is 13.3. The maximum absolute atomic E-state index is 12.0. The standard InChI is InChI=1S/C12H12N2O4S/c15-12(16)11-7-4-8-14(11)19(17,18)13-9-10-5-2-1-3-6-10/h1-8,13H,9H2,(H,15,16). The first-order chi connectivity index (χ1) is 9.00. The second-order valence-electron chi connectivity index (χ2n) is 3.81. The number of aromatic nitrogens is 1. The first-order valence-electron chi connectivity index (χ1n) is 5.45. The molecule has 0 unspecified atom stereocenters. The van der Waals surface area contributed by atoms with Gasteiger partial charge >= 0.3 is 16.2 Å². The Balaban J connectivity index is 2.19. The van der Waals surface area contributed by atoms with Crippen molar-refractivity contribution in [3.63, 3.8) is 0 Å². The zero-order valence-corrected chi connectivity index (χ0v) is 10.7. The topological polar surface area (TPSA) is 88.4 Å². The van der Waals surface area contributed by atoms with Gasteiger partial charge in [0.05, 0.1) is 0 Å². The summed E-state index contributed by atoms with van der Waals surface area (Å²) in [4.78, 5) is 10.9. The van der Waals surface area contributed by atoms with E-state index < -0.39 is 16.2 Å². The maximum Gasteiger partial charge on any atom is 0.353 e. The third-order valence-electron chi connectivity index (χ3n) is 2.49. The van der Waals surface area contributed by atoms with Crippen molar-refractivity contribution < 1.29 is 18.3 Å². The number of rotatable bonds is 5. The molecular formula is C12H12N2O4S. The lowest BCUT2D eigenvalue weighted by Gasteiger charge is -2.09. The summed E-state index contributed by atoms with van der Waals surface area (Å²) in [5, 5.41) is 8.89.